The molecule has 0 saturated heterocycles. The van der Waals surface area contributed by atoms with Crippen LogP contribution in [0.4, 0.5) is 0 Å². The molecule has 1 aromatic rings. The van der Waals surface area contributed by atoms with Crippen LogP contribution in [-0.2, 0) is 12.6 Å². The summed E-state index contributed by atoms with van der Waals surface area (Å²) in [5.41, 5.74) is 0.971. The van der Waals surface area contributed by atoms with Crippen molar-refractivity contribution in [2.24, 2.45) is 4.99 Å². The third-order valence-corrected chi connectivity index (χ3v) is 1.24. The lowest BCUT2D eigenvalue weighted by atomic mass is 10.2. The van der Waals surface area contributed by atoms with Crippen LogP contribution in [0.5, 0.6) is 0 Å². The molecule has 2 radical (unpaired) electrons. The highest BCUT2D eigenvalue weighted by atomic mass is 32.1. The number of hydrogen-bond donors (Lipinski definition) is 0. The lowest BCUT2D eigenvalue weighted by molar-refractivity contribution is 1.58. The highest BCUT2D eigenvalue weighted by molar-refractivity contribution is 7.62. The molecule has 0 fully saturated rings. The first-order chi connectivity index (χ1) is 5.43. The van der Waals surface area contributed by atoms with Crippen LogP contribution in [0, 0.1) is 0 Å². The van der Waals surface area contributed by atoms with E-state index in [4.69, 9.17) is 0 Å². The molecule has 0 heterocycles. The number of nitrogens with zero attached hydrogens (tertiary/aromatic N) is 1. The van der Waals surface area contributed by atoms with E-state index in [1.165, 1.54) is 0 Å². The van der Waals surface area contributed by atoms with E-state index in [0.29, 0.717) is 0 Å². The normalized spacial score (nSPS) is 11.4. The van der Waals surface area contributed by atoms with Crippen LogP contribution < -0.4 is 0 Å². The van der Waals surface area contributed by atoms with Crippen molar-refractivity contribution in [3.8, 4) is 0 Å². The molecule has 0 N–H and O–H groups in total. The Morgan fingerprint density at radius 2 is 2.00 bits per heavy atom. The van der Waals surface area contributed by atoms with E-state index in [1.807, 2.05) is 30.3 Å². The first kappa shape index (κ1) is 8.08. The fourth-order valence-corrected chi connectivity index (χ4v) is 0.724. The molecule has 11 heavy (non-hydrogen) atoms. The molecule has 0 aliphatic rings. The maximum atomic E-state index is 3.85. The van der Waals surface area contributed by atoms with Gasteiger partial charge in [0.25, 0.3) is 0 Å². The van der Waals surface area contributed by atoms with E-state index in [-0.39, 0.29) is 0 Å². The second-order valence-electron chi connectivity index (χ2n) is 1.91. The average Bonchev–Trinajstić information content (AvgIpc) is 2.07. The van der Waals surface area contributed by atoms with Gasteiger partial charge in [0, 0.05) is 5.56 Å². The van der Waals surface area contributed by atoms with Crippen LogP contribution in [0.2, 0.25) is 0 Å². The van der Waals surface area contributed by atoms with E-state index in [0.717, 1.165) is 5.56 Å². The van der Waals surface area contributed by atoms with Crippen molar-refractivity contribution in [1.29, 1.82) is 0 Å². The fourth-order valence-electron chi connectivity index (χ4n) is 0.658. The number of benzene rings is 1. The maximum absolute atomic E-state index is 3.85. The molecular weight excluding hydrogens is 154 g/mol. The largest absolute Gasteiger partial charge is 0.249 e. The molecule has 0 unspecified atom stereocenters. The Hall–Kier alpha value is -1.02. The summed E-state index contributed by atoms with van der Waals surface area (Å²) in [7, 11) is 0. The molecule has 1 aromatic carbocycles. The van der Waals surface area contributed by atoms with Crippen molar-refractivity contribution in [3.05, 3.63) is 47.5 Å². The Morgan fingerprint density at radius 3 is 2.64 bits per heavy atom. The predicted octanol–water partition coefficient (Wildman–Crippen LogP) is 1.73. The van der Waals surface area contributed by atoms with Crippen LogP contribution in [0.3, 0.4) is 0 Å². The van der Waals surface area contributed by atoms with Gasteiger partial charge in [-0.2, -0.15) is 0 Å². The molecule has 0 aliphatic carbocycles. The SMILES string of the molecule is [SH+]/C=C/N=[C]c1ccccc1. The molecule has 0 amide bonds. The predicted molar refractivity (Wildman–Crippen MR) is 50.9 cm³/mol. The van der Waals surface area contributed by atoms with Crippen molar-refractivity contribution >= 4 is 18.8 Å². The Kier molecular flexibility index (Phi) is 3.48. The van der Waals surface area contributed by atoms with Crippen LogP contribution in [0.1, 0.15) is 5.56 Å². The van der Waals surface area contributed by atoms with E-state index in [9.17, 15) is 0 Å². The van der Waals surface area contributed by atoms with Crippen molar-refractivity contribution < 1.29 is 0 Å². The summed E-state index contributed by atoms with van der Waals surface area (Å²) in [5.74, 6) is 0. The van der Waals surface area contributed by atoms with Gasteiger partial charge in [0.15, 0.2) is 5.41 Å². The van der Waals surface area contributed by atoms with Crippen molar-refractivity contribution in [2.45, 2.75) is 0 Å². The molecule has 54 valence electrons. The van der Waals surface area contributed by atoms with Crippen molar-refractivity contribution in [3.63, 3.8) is 0 Å². The summed E-state index contributed by atoms with van der Waals surface area (Å²) < 4.78 is 0. The second kappa shape index (κ2) is 4.74. The average molecular weight is 162 g/mol. The third-order valence-electron chi connectivity index (χ3n) is 1.11. The first-order valence-corrected chi connectivity index (χ1v) is 3.75. The highest BCUT2D eigenvalue weighted by Crippen LogP contribution is 1.93. The molecule has 0 bridgehead atoms. The van der Waals surface area contributed by atoms with Gasteiger partial charge in [-0.3, -0.25) is 0 Å². The summed E-state index contributed by atoms with van der Waals surface area (Å²) in [6, 6.07) is 9.73. The molecule has 0 atom stereocenters. The zero-order valence-electron chi connectivity index (χ0n) is 5.94. The third kappa shape index (κ3) is 3.05. The quantitative estimate of drug-likeness (QED) is 0.357. The minimum absolute atomic E-state index is 0.971. The van der Waals surface area contributed by atoms with E-state index in [1.54, 1.807) is 11.6 Å². The number of thiol groups is 1. The molecular formula is C9H8NS+. The van der Waals surface area contributed by atoms with Crippen LogP contribution in [0.25, 0.3) is 0 Å². The van der Waals surface area contributed by atoms with E-state index < -0.39 is 0 Å². The van der Waals surface area contributed by atoms with E-state index in [2.05, 4.69) is 23.8 Å². The molecule has 2 heteroatoms. The summed E-state index contributed by atoms with van der Waals surface area (Å²) in [4.78, 5) is 3.85. The van der Waals surface area contributed by atoms with Gasteiger partial charge in [0.1, 0.15) is 0 Å². The lowest BCUT2D eigenvalue weighted by Crippen LogP contribution is -1.76. The monoisotopic (exact) mass is 162 g/mol. The lowest BCUT2D eigenvalue weighted by Gasteiger charge is -1.85. The highest BCUT2D eigenvalue weighted by Gasteiger charge is 1.81. The minimum atomic E-state index is 0.971. The second-order valence-corrected chi connectivity index (χ2v) is 2.20. The van der Waals surface area contributed by atoms with Crippen molar-refractivity contribution in [1.82, 2.24) is 0 Å². The number of rotatable bonds is 2. The Morgan fingerprint density at radius 1 is 1.27 bits per heavy atom. The topological polar surface area (TPSA) is 12.4 Å². The minimum Gasteiger partial charge on any atom is -0.249 e. The van der Waals surface area contributed by atoms with Crippen LogP contribution in [-0.4, -0.2) is 6.21 Å². The Labute approximate surface area is 71.9 Å². The Balaban J connectivity index is 2.64. The Bertz CT molecular complexity index is 252. The van der Waals surface area contributed by atoms with Crippen molar-refractivity contribution in [2.75, 3.05) is 0 Å². The van der Waals surface area contributed by atoms with Crippen LogP contribution in [0.15, 0.2) is 46.9 Å². The smallest absolute Gasteiger partial charge is 0.217 e. The molecule has 1 nitrogen and oxygen atoms in total. The summed E-state index contributed by atoms with van der Waals surface area (Å²) in [6.07, 6.45) is 4.41. The first-order valence-electron chi connectivity index (χ1n) is 3.23. The van der Waals surface area contributed by atoms with Gasteiger partial charge < -0.3 is 0 Å². The zero-order chi connectivity index (χ0) is 7.94. The van der Waals surface area contributed by atoms with Gasteiger partial charge in [-0.25, -0.2) is 4.99 Å². The number of aliphatic imine (C=N–C) groups is 1. The van der Waals surface area contributed by atoms with Gasteiger partial charge in [0.2, 0.25) is 12.6 Å². The van der Waals surface area contributed by atoms with Gasteiger partial charge >= 0.3 is 0 Å². The molecule has 0 aromatic heterocycles. The van der Waals surface area contributed by atoms with Gasteiger partial charge in [0.05, 0.1) is 12.4 Å². The van der Waals surface area contributed by atoms with Gasteiger partial charge in [-0.05, 0) is 0 Å². The fraction of sp³-hybridized carbons (Fsp3) is 0. The van der Waals surface area contributed by atoms with Gasteiger partial charge in [-0.15, -0.1) is 0 Å². The maximum Gasteiger partial charge on any atom is 0.217 e. The summed E-state index contributed by atoms with van der Waals surface area (Å²) in [5, 5.41) is 1.57. The molecule has 0 spiro atoms. The summed E-state index contributed by atoms with van der Waals surface area (Å²) in [6.45, 7) is 0. The van der Waals surface area contributed by atoms with Crippen LogP contribution >= 0.6 is 0 Å². The number of hydrogen-bond acceptors (Lipinski definition) is 2. The zero-order valence-corrected chi connectivity index (χ0v) is 6.83. The van der Waals surface area contributed by atoms with E-state index >= 15 is 0 Å². The standard InChI is InChI=1S/C9H8NS/c11-7-6-10-8-9-4-2-1-3-5-9/h1-7,11H/q+1/b7-6+,10-8?. The molecule has 0 saturated carbocycles. The van der Waals surface area contributed by atoms with Gasteiger partial charge in [-0.1, -0.05) is 30.3 Å². The molecule has 1 rings (SSSR count). The summed E-state index contributed by atoms with van der Waals surface area (Å²) >= 11 is 3.85. The molecule has 0 aliphatic heterocycles.